The number of nitrogens with one attached hydrogen (secondary N) is 1. The zero-order chi connectivity index (χ0) is 14.7. The summed E-state index contributed by atoms with van der Waals surface area (Å²) in [5, 5.41) is 3.34. The number of nitrogens with zero attached hydrogens (tertiary/aromatic N) is 2. The number of hydrogen-bond donors (Lipinski definition) is 1. The number of carbonyl (C=O) groups excluding carboxylic acids is 1. The minimum Gasteiger partial charge on any atom is -0.447 e. The molecule has 0 unspecified atom stereocenters. The number of cyclic esters (lactones) is 1. The number of amides is 1. The average Bonchev–Trinajstić information content (AvgIpc) is 2.93. The normalized spacial score (nSPS) is 14.1. The molecule has 0 aliphatic carbocycles. The maximum Gasteiger partial charge on any atom is 0.414 e. The molecule has 5 heteroatoms. The molecule has 0 saturated carbocycles. The number of aromatic nitrogens is 1. The summed E-state index contributed by atoms with van der Waals surface area (Å²) in [5.41, 5.74) is 3.94. The van der Waals surface area contributed by atoms with E-state index in [-0.39, 0.29) is 6.09 Å². The molecule has 3 rings (SSSR count). The fourth-order valence-electron chi connectivity index (χ4n) is 2.22. The molecule has 1 amide bonds. The van der Waals surface area contributed by atoms with Gasteiger partial charge in [0.1, 0.15) is 6.61 Å². The molecule has 0 spiro atoms. The Hall–Kier alpha value is -2.56. The van der Waals surface area contributed by atoms with Crippen LogP contribution in [0.2, 0.25) is 0 Å². The number of rotatable bonds is 4. The zero-order valence-corrected chi connectivity index (χ0v) is 11.9. The van der Waals surface area contributed by atoms with Gasteiger partial charge in [-0.3, -0.25) is 9.88 Å². The van der Waals surface area contributed by atoms with E-state index in [0.29, 0.717) is 19.7 Å². The van der Waals surface area contributed by atoms with Crippen LogP contribution < -0.4 is 10.2 Å². The van der Waals surface area contributed by atoms with E-state index in [9.17, 15) is 4.79 Å². The van der Waals surface area contributed by atoms with Gasteiger partial charge >= 0.3 is 6.09 Å². The summed E-state index contributed by atoms with van der Waals surface area (Å²) in [5.74, 6) is 0. The van der Waals surface area contributed by atoms with Gasteiger partial charge in [-0.2, -0.15) is 0 Å². The smallest absolute Gasteiger partial charge is 0.414 e. The first-order valence-electron chi connectivity index (χ1n) is 6.92. The molecule has 0 atom stereocenters. The van der Waals surface area contributed by atoms with E-state index in [1.54, 1.807) is 4.90 Å². The van der Waals surface area contributed by atoms with E-state index in [0.717, 1.165) is 22.6 Å². The molecule has 0 radical (unpaired) electrons. The van der Waals surface area contributed by atoms with E-state index in [1.165, 1.54) is 0 Å². The maximum atomic E-state index is 11.6. The Morgan fingerprint density at radius 1 is 1.33 bits per heavy atom. The van der Waals surface area contributed by atoms with Crippen molar-refractivity contribution in [3.63, 3.8) is 0 Å². The second-order valence-corrected chi connectivity index (χ2v) is 4.98. The van der Waals surface area contributed by atoms with Gasteiger partial charge in [-0.25, -0.2) is 4.79 Å². The number of benzene rings is 1. The van der Waals surface area contributed by atoms with Crippen LogP contribution in [0.25, 0.3) is 0 Å². The Morgan fingerprint density at radius 2 is 2.24 bits per heavy atom. The summed E-state index contributed by atoms with van der Waals surface area (Å²) in [6.45, 7) is 3.71. The number of pyridine rings is 1. The quantitative estimate of drug-likeness (QED) is 0.937. The van der Waals surface area contributed by atoms with Gasteiger partial charge in [-0.05, 0) is 36.8 Å². The lowest BCUT2D eigenvalue weighted by molar-refractivity contribution is 0.181. The largest absolute Gasteiger partial charge is 0.447 e. The summed E-state index contributed by atoms with van der Waals surface area (Å²) in [4.78, 5) is 17.5. The topological polar surface area (TPSA) is 54.5 Å². The van der Waals surface area contributed by atoms with Crippen molar-refractivity contribution in [3.05, 3.63) is 53.9 Å². The first-order valence-corrected chi connectivity index (χ1v) is 6.92. The van der Waals surface area contributed by atoms with Crippen molar-refractivity contribution in [2.45, 2.75) is 13.5 Å². The van der Waals surface area contributed by atoms with Crippen molar-refractivity contribution >= 4 is 17.5 Å². The van der Waals surface area contributed by atoms with Crippen molar-refractivity contribution in [1.82, 2.24) is 4.98 Å². The third kappa shape index (κ3) is 3.13. The van der Waals surface area contributed by atoms with Gasteiger partial charge in [0.25, 0.3) is 0 Å². The standard InChI is InChI=1S/C16H17N3O2/c1-12-5-6-13(10-17-12)11-18-14-3-2-4-15(9-14)19-7-8-21-16(19)20/h2-6,9-10,18H,7-8,11H2,1H3. The highest BCUT2D eigenvalue weighted by molar-refractivity contribution is 5.89. The summed E-state index contributed by atoms with van der Waals surface area (Å²) < 4.78 is 4.96. The van der Waals surface area contributed by atoms with Gasteiger partial charge in [0, 0.05) is 29.8 Å². The van der Waals surface area contributed by atoms with Gasteiger partial charge in [0.2, 0.25) is 0 Å². The summed E-state index contributed by atoms with van der Waals surface area (Å²) >= 11 is 0. The van der Waals surface area contributed by atoms with Crippen LogP contribution in [0, 0.1) is 6.92 Å². The van der Waals surface area contributed by atoms with Gasteiger partial charge < -0.3 is 10.1 Å². The number of hydrogen-bond acceptors (Lipinski definition) is 4. The maximum absolute atomic E-state index is 11.6. The van der Waals surface area contributed by atoms with E-state index in [1.807, 2.05) is 43.5 Å². The second kappa shape index (κ2) is 5.83. The minimum atomic E-state index is -0.283. The van der Waals surface area contributed by atoms with Gasteiger partial charge in [-0.15, -0.1) is 0 Å². The van der Waals surface area contributed by atoms with Crippen LogP contribution in [0.5, 0.6) is 0 Å². The Morgan fingerprint density at radius 3 is 2.95 bits per heavy atom. The molecule has 108 valence electrons. The number of ether oxygens (including phenoxy) is 1. The monoisotopic (exact) mass is 283 g/mol. The van der Waals surface area contributed by atoms with Crippen LogP contribution in [0.4, 0.5) is 16.2 Å². The molecule has 21 heavy (non-hydrogen) atoms. The summed E-state index contributed by atoms with van der Waals surface area (Å²) in [7, 11) is 0. The molecule has 1 aromatic heterocycles. The molecular formula is C16H17N3O2. The Labute approximate surface area is 123 Å². The molecule has 2 aromatic rings. The predicted octanol–water partition coefficient (Wildman–Crippen LogP) is 2.96. The summed E-state index contributed by atoms with van der Waals surface area (Å²) in [6, 6.07) is 11.8. The highest BCUT2D eigenvalue weighted by Gasteiger charge is 2.23. The van der Waals surface area contributed by atoms with Crippen LogP contribution in [-0.4, -0.2) is 24.2 Å². The number of carbonyl (C=O) groups is 1. The first kappa shape index (κ1) is 13.4. The molecule has 1 fully saturated rings. The lowest BCUT2D eigenvalue weighted by Crippen LogP contribution is -2.23. The van der Waals surface area contributed by atoms with Crippen molar-refractivity contribution in [2.24, 2.45) is 0 Å². The average molecular weight is 283 g/mol. The predicted molar refractivity (Wildman–Crippen MR) is 81.4 cm³/mol. The molecule has 1 aliphatic rings. The lowest BCUT2D eigenvalue weighted by Gasteiger charge is -2.14. The van der Waals surface area contributed by atoms with Crippen molar-refractivity contribution in [2.75, 3.05) is 23.4 Å². The Bertz CT molecular complexity index is 640. The fourth-order valence-corrected chi connectivity index (χ4v) is 2.22. The van der Waals surface area contributed by atoms with Gasteiger partial charge in [-0.1, -0.05) is 12.1 Å². The van der Waals surface area contributed by atoms with Crippen LogP contribution >= 0.6 is 0 Å². The van der Waals surface area contributed by atoms with Crippen LogP contribution in [-0.2, 0) is 11.3 Å². The molecule has 0 bridgehead atoms. The highest BCUT2D eigenvalue weighted by Crippen LogP contribution is 2.22. The van der Waals surface area contributed by atoms with Crippen LogP contribution in [0.15, 0.2) is 42.6 Å². The van der Waals surface area contributed by atoms with E-state index in [4.69, 9.17) is 4.74 Å². The van der Waals surface area contributed by atoms with Crippen LogP contribution in [0.1, 0.15) is 11.3 Å². The van der Waals surface area contributed by atoms with E-state index < -0.39 is 0 Å². The molecule has 5 nitrogen and oxygen atoms in total. The van der Waals surface area contributed by atoms with Gasteiger partial charge in [0.15, 0.2) is 0 Å². The molecule has 1 aliphatic heterocycles. The summed E-state index contributed by atoms with van der Waals surface area (Å²) in [6.07, 6.45) is 1.58. The minimum absolute atomic E-state index is 0.283. The molecule has 1 aromatic carbocycles. The molecular weight excluding hydrogens is 266 g/mol. The fraction of sp³-hybridized carbons (Fsp3) is 0.250. The number of aryl methyl sites for hydroxylation is 1. The van der Waals surface area contributed by atoms with Crippen LogP contribution in [0.3, 0.4) is 0 Å². The van der Waals surface area contributed by atoms with Crippen molar-refractivity contribution in [1.29, 1.82) is 0 Å². The molecule has 2 heterocycles. The third-order valence-corrected chi connectivity index (χ3v) is 3.39. The first-order chi connectivity index (χ1) is 10.2. The highest BCUT2D eigenvalue weighted by atomic mass is 16.6. The van der Waals surface area contributed by atoms with Gasteiger partial charge in [0.05, 0.1) is 6.54 Å². The Balaban J connectivity index is 1.68. The zero-order valence-electron chi connectivity index (χ0n) is 11.9. The molecule has 1 N–H and O–H groups in total. The van der Waals surface area contributed by atoms with E-state index >= 15 is 0 Å². The number of anilines is 2. The third-order valence-electron chi connectivity index (χ3n) is 3.39. The van der Waals surface area contributed by atoms with Crippen molar-refractivity contribution in [3.8, 4) is 0 Å². The van der Waals surface area contributed by atoms with E-state index in [2.05, 4.69) is 16.4 Å². The lowest BCUT2D eigenvalue weighted by atomic mass is 10.2. The Kier molecular flexibility index (Phi) is 3.73. The SMILES string of the molecule is Cc1ccc(CNc2cccc(N3CCOC3=O)c2)cn1. The second-order valence-electron chi connectivity index (χ2n) is 4.98. The van der Waals surface area contributed by atoms with Crippen molar-refractivity contribution < 1.29 is 9.53 Å². The molecule has 1 saturated heterocycles.